The number of carbonyl (C=O) groups excluding carboxylic acids is 1. The highest BCUT2D eigenvalue weighted by Gasteiger charge is 2.10. The molecule has 3 rings (SSSR count). The average Bonchev–Trinajstić information content (AvgIpc) is 3.09. The van der Waals surface area contributed by atoms with Crippen molar-refractivity contribution in [3.05, 3.63) is 81.0 Å². The van der Waals surface area contributed by atoms with E-state index < -0.39 is 0 Å². The maximum absolute atomic E-state index is 12.0. The summed E-state index contributed by atoms with van der Waals surface area (Å²) < 4.78 is 5.69. The second kappa shape index (κ2) is 8.42. The summed E-state index contributed by atoms with van der Waals surface area (Å²) in [5.74, 6) is 0.872. The molecule has 6 heteroatoms. The lowest BCUT2D eigenvalue weighted by Crippen LogP contribution is -2.19. The molecule has 0 aliphatic carbocycles. The van der Waals surface area contributed by atoms with E-state index in [4.69, 9.17) is 27.6 Å². The molecule has 1 heterocycles. The predicted octanol–water partition coefficient (Wildman–Crippen LogP) is 5.56. The highest BCUT2D eigenvalue weighted by molar-refractivity contribution is 6.43. The molecule has 0 saturated carbocycles. The van der Waals surface area contributed by atoms with Crippen molar-refractivity contribution in [2.45, 2.75) is 20.3 Å². The normalized spacial score (nSPS) is 11.1. The van der Waals surface area contributed by atoms with Crippen LogP contribution in [0.2, 0.25) is 10.0 Å². The zero-order valence-electron chi connectivity index (χ0n) is 14.9. The minimum Gasteiger partial charge on any atom is -0.455 e. The Bertz CT molecular complexity index is 1010. The molecule has 1 N–H and O–H groups in total. The first-order chi connectivity index (χ1) is 12.9. The molecule has 0 aliphatic rings. The number of hydrazone groups is 1. The summed E-state index contributed by atoms with van der Waals surface area (Å²) in [5, 5.41) is 4.83. The van der Waals surface area contributed by atoms with Gasteiger partial charge in [-0.1, -0.05) is 47.5 Å². The number of carbonyl (C=O) groups is 1. The van der Waals surface area contributed by atoms with Crippen molar-refractivity contribution in [3.63, 3.8) is 0 Å². The largest absolute Gasteiger partial charge is 0.455 e. The van der Waals surface area contributed by atoms with Crippen LogP contribution in [0.4, 0.5) is 0 Å². The number of amides is 1. The van der Waals surface area contributed by atoms with Crippen molar-refractivity contribution in [2.24, 2.45) is 5.10 Å². The first-order valence-electron chi connectivity index (χ1n) is 8.36. The lowest BCUT2D eigenvalue weighted by Gasteiger charge is -2.04. The monoisotopic (exact) mass is 400 g/mol. The second-order valence-corrected chi connectivity index (χ2v) is 6.98. The third-order valence-electron chi connectivity index (χ3n) is 4.16. The van der Waals surface area contributed by atoms with Gasteiger partial charge >= 0.3 is 0 Å². The maximum Gasteiger partial charge on any atom is 0.244 e. The minimum atomic E-state index is -0.195. The molecular formula is C21H18Cl2N2O2. The van der Waals surface area contributed by atoms with Gasteiger partial charge in [0, 0.05) is 5.56 Å². The molecule has 4 nitrogen and oxygen atoms in total. The Morgan fingerprint density at radius 1 is 1.11 bits per heavy atom. The predicted molar refractivity (Wildman–Crippen MR) is 110 cm³/mol. The van der Waals surface area contributed by atoms with Crippen LogP contribution in [0.5, 0.6) is 0 Å². The van der Waals surface area contributed by atoms with Crippen LogP contribution < -0.4 is 5.43 Å². The van der Waals surface area contributed by atoms with Gasteiger partial charge < -0.3 is 4.42 Å². The standard InChI is InChI=1S/C21H18Cl2N2O2/c1-13-6-7-15(10-14(13)2)11-20(26)25-24-12-16-8-9-19(27-16)17-4-3-5-18(22)21(17)23/h3-10,12H,11H2,1-2H3,(H,25,26)/b24-12+. The smallest absolute Gasteiger partial charge is 0.244 e. The molecule has 138 valence electrons. The lowest BCUT2D eigenvalue weighted by molar-refractivity contribution is -0.120. The van der Waals surface area contributed by atoms with Crippen molar-refractivity contribution < 1.29 is 9.21 Å². The van der Waals surface area contributed by atoms with Crippen LogP contribution in [0.15, 0.2) is 58.0 Å². The van der Waals surface area contributed by atoms with E-state index in [1.54, 1.807) is 24.3 Å². The topological polar surface area (TPSA) is 54.6 Å². The van der Waals surface area contributed by atoms with Gasteiger partial charge in [0.15, 0.2) is 0 Å². The van der Waals surface area contributed by atoms with Crippen LogP contribution in [-0.2, 0) is 11.2 Å². The Morgan fingerprint density at radius 3 is 2.70 bits per heavy atom. The molecule has 0 atom stereocenters. The molecule has 0 aliphatic heterocycles. The lowest BCUT2D eigenvalue weighted by atomic mass is 10.0. The third-order valence-corrected chi connectivity index (χ3v) is 4.98. The zero-order chi connectivity index (χ0) is 19.4. The van der Waals surface area contributed by atoms with E-state index in [0.29, 0.717) is 27.1 Å². The fourth-order valence-corrected chi connectivity index (χ4v) is 2.96. The number of nitrogens with one attached hydrogen (secondary N) is 1. The van der Waals surface area contributed by atoms with Gasteiger partial charge in [0.05, 0.1) is 22.7 Å². The van der Waals surface area contributed by atoms with Crippen LogP contribution >= 0.6 is 23.2 Å². The molecule has 2 aromatic carbocycles. The Labute approximate surface area is 167 Å². The van der Waals surface area contributed by atoms with Crippen molar-refractivity contribution in [1.29, 1.82) is 0 Å². The van der Waals surface area contributed by atoms with Crippen molar-refractivity contribution in [1.82, 2.24) is 5.43 Å². The second-order valence-electron chi connectivity index (χ2n) is 6.19. The number of nitrogens with zero attached hydrogens (tertiary/aromatic N) is 1. The maximum atomic E-state index is 12.0. The molecule has 0 radical (unpaired) electrons. The van der Waals surface area contributed by atoms with Gasteiger partial charge in [0.1, 0.15) is 11.5 Å². The zero-order valence-corrected chi connectivity index (χ0v) is 16.4. The van der Waals surface area contributed by atoms with Gasteiger partial charge in [-0.15, -0.1) is 0 Å². The SMILES string of the molecule is Cc1ccc(CC(=O)N/N=C/c2ccc(-c3cccc(Cl)c3Cl)o2)cc1C. The summed E-state index contributed by atoms with van der Waals surface area (Å²) in [4.78, 5) is 12.0. The summed E-state index contributed by atoms with van der Waals surface area (Å²) >= 11 is 12.2. The quantitative estimate of drug-likeness (QED) is 0.449. The van der Waals surface area contributed by atoms with Crippen LogP contribution in [0, 0.1) is 13.8 Å². The molecule has 3 aromatic rings. The first-order valence-corrected chi connectivity index (χ1v) is 9.12. The van der Waals surface area contributed by atoms with E-state index >= 15 is 0 Å². The number of benzene rings is 2. The first kappa shape index (κ1) is 19.2. The van der Waals surface area contributed by atoms with Gasteiger partial charge in [0.25, 0.3) is 0 Å². The Morgan fingerprint density at radius 2 is 1.93 bits per heavy atom. The number of aryl methyl sites for hydroxylation is 2. The van der Waals surface area contributed by atoms with E-state index in [0.717, 1.165) is 11.1 Å². The Hall–Kier alpha value is -2.56. The van der Waals surface area contributed by atoms with Crippen molar-refractivity contribution in [2.75, 3.05) is 0 Å². The van der Waals surface area contributed by atoms with Crippen LogP contribution in [0.3, 0.4) is 0 Å². The number of furan rings is 1. The molecule has 0 spiro atoms. The molecule has 1 aromatic heterocycles. The number of halogens is 2. The molecule has 0 saturated heterocycles. The van der Waals surface area contributed by atoms with Crippen LogP contribution in [0.25, 0.3) is 11.3 Å². The Balaban J connectivity index is 1.61. The number of rotatable bonds is 5. The summed E-state index contributed by atoms with van der Waals surface area (Å²) in [6.07, 6.45) is 1.71. The van der Waals surface area contributed by atoms with Crippen molar-refractivity contribution >= 4 is 35.3 Å². The average molecular weight is 401 g/mol. The van der Waals surface area contributed by atoms with Gasteiger partial charge in [-0.3, -0.25) is 4.79 Å². The fraction of sp³-hybridized carbons (Fsp3) is 0.143. The van der Waals surface area contributed by atoms with E-state index in [1.165, 1.54) is 11.8 Å². The number of hydrogen-bond acceptors (Lipinski definition) is 3. The van der Waals surface area contributed by atoms with Crippen molar-refractivity contribution in [3.8, 4) is 11.3 Å². The highest BCUT2D eigenvalue weighted by atomic mass is 35.5. The summed E-state index contributed by atoms with van der Waals surface area (Å²) in [5.41, 5.74) is 6.51. The van der Waals surface area contributed by atoms with Crippen LogP contribution in [-0.4, -0.2) is 12.1 Å². The minimum absolute atomic E-state index is 0.195. The van der Waals surface area contributed by atoms with Gasteiger partial charge in [0.2, 0.25) is 5.91 Å². The molecule has 0 unspecified atom stereocenters. The number of hydrogen-bond donors (Lipinski definition) is 1. The molecular weight excluding hydrogens is 383 g/mol. The molecule has 0 bridgehead atoms. The Kier molecular flexibility index (Phi) is 5.99. The van der Waals surface area contributed by atoms with Gasteiger partial charge in [-0.05, 0) is 54.8 Å². The fourth-order valence-electron chi connectivity index (χ4n) is 2.57. The highest BCUT2D eigenvalue weighted by Crippen LogP contribution is 2.34. The van der Waals surface area contributed by atoms with E-state index in [9.17, 15) is 4.79 Å². The summed E-state index contributed by atoms with van der Waals surface area (Å²) in [6, 6.07) is 14.8. The molecule has 1 amide bonds. The summed E-state index contributed by atoms with van der Waals surface area (Å²) in [6.45, 7) is 4.06. The van der Waals surface area contributed by atoms with E-state index in [-0.39, 0.29) is 12.3 Å². The summed E-state index contributed by atoms with van der Waals surface area (Å²) in [7, 11) is 0. The van der Waals surface area contributed by atoms with Gasteiger partial charge in [-0.2, -0.15) is 5.10 Å². The third kappa shape index (κ3) is 4.79. The van der Waals surface area contributed by atoms with E-state index in [1.807, 2.05) is 38.1 Å². The molecule has 27 heavy (non-hydrogen) atoms. The van der Waals surface area contributed by atoms with Gasteiger partial charge in [-0.25, -0.2) is 5.43 Å². The van der Waals surface area contributed by atoms with E-state index in [2.05, 4.69) is 10.5 Å². The molecule has 0 fully saturated rings. The van der Waals surface area contributed by atoms with Crippen LogP contribution in [0.1, 0.15) is 22.5 Å².